The van der Waals surface area contributed by atoms with E-state index in [1.54, 1.807) is 12.2 Å². The van der Waals surface area contributed by atoms with E-state index >= 15 is 0 Å². The third-order valence-electron chi connectivity index (χ3n) is 10.9. The van der Waals surface area contributed by atoms with Gasteiger partial charge < -0.3 is 24.0 Å². The Kier molecular flexibility index (Phi) is 32.9. The number of aliphatic hydroxyl groups is 1. The second kappa shape index (κ2) is 35.3. The van der Waals surface area contributed by atoms with Crippen molar-refractivity contribution in [3.8, 4) is 0 Å². The van der Waals surface area contributed by atoms with Gasteiger partial charge in [-0.15, -0.1) is 0 Å². The normalized spacial score (nSPS) is 17.8. The molecule has 1 aliphatic carbocycles. The molecule has 1 unspecified atom stereocenters. The lowest BCUT2D eigenvalue weighted by Crippen LogP contribution is -2.37. The number of likely N-dealkylation sites (N-methyl/N-ethyl adjacent to an activating group) is 1. The number of quaternary nitrogens is 1. The number of ether oxygens (including phenoxy) is 2. The van der Waals surface area contributed by atoms with Crippen LogP contribution in [-0.2, 0) is 37.5 Å². The van der Waals surface area contributed by atoms with E-state index in [0.717, 1.165) is 38.5 Å². The maximum Gasteiger partial charge on any atom is 0.472 e. The second-order valence-electron chi connectivity index (χ2n) is 17.8. The Morgan fingerprint density at radius 1 is 0.750 bits per heavy atom. The molecule has 0 fully saturated rings. The molecule has 348 valence electrons. The molecule has 1 rings (SSSR count). The number of phosphoric ester groups is 1. The zero-order valence-corrected chi connectivity index (χ0v) is 39.4. The van der Waals surface area contributed by atoms with Gasteiger partial charge in [-0.05, 0) is 44.1 Å². The van der Waals surface area contributed by atoms with Crippen molar-refractivity contribution < 1.29 is 52.0 Å². The first-order valence-electron chi connectivity index (χ1n) is 23.8. The average molecular weight is 869 g/mol. The summed E-state index contributed by atoms with van der Waals surface area (Å²) in [6.45, 7) is 4.11. The number of allylic oxidation sites excluding steroid dienone is 5. The molecule has 0 aromatic heterocycles. The summed E-state index contributed by atoms with van der Waals surface area (Å²) >= 11 is 0. The van der Waals surface area contributed by atoms with Gasteiger partial charge in [-0.2, -0.15) is 0 Å². The maximum absolute atomic E-state index is 12.8. The molecule has 11 nitrogen and oxygen atoms in total. The summed E-state index contributed by atoms with van der Waals surface area (Å²) in [5, 5.41) is 10.2. The molecule has 0 aromatic carbocycles. The molecule has 5 atom stereocenters. The minimum Gasteiger partial charge on any atom is -0.462 e. The molecule has 0 spiro atoms. The van der Waals surface area contributed by atoms with Crippen LogP contribution in [0.1, 0.15) is 181 Å². The lowest BCUT2D eigenvalue weighted by molar-refractivity contribution is -0.870. The summed E-state index contributed by atoms with van der Waals surface area (Å²) in [6, 6.07) is 0. The van der Waals surface area contributed by atoms with E-state index in [0.29, 0.717) is 43.1 Å². The Balaban J connectivity index is 2.41. The third-order valence-corrected chi connectivity index (χ3v) is 11.9. The molecule has 60 heavy (non-hydrogen) atoms. The van der Waals surface area contributed by atoms with Crippen LogP contribution in [0.15, 0.2) is 36.5 Å². The maximum atomic E-state index is 12.8. The molecular weight excluding hydrogens is 781 g/mol. The first-order valence-corrected chi connectivity index (χ1v) is 25.3. The van der Waals surface area contributed by atoms with Gasteiger partial charge in [-0.25, -0.2) is 4.57 Å². The lowest BCUT2D eigenvalue weighted by atomic mass is 9.90. The number of hydrogen-bond donors (Lipinski definition) is 2. The lowest BCUT2D eigenvalue weighted by Gasteiger charge is -2.24. The van der Waals surface area contributed by atoms with Gasteiger partial charge in [0.1, 0.15) is 19.8 Å². The molecule has 0 radical (unpaired) electrons. The van der Waals surface area contributed by atoms with Crippen molar-refractivity contribution in [2.75, 3.05) is 47.5 Å². The van der Waals surface area contributed by atoms with E-state index in [9.17, 15) is 28.9 Å². The third kappa shape index (κ3) is 32.6. The van der Waals surface area contributed by atoms with Crippen molar-refractivity contribution in [3.63, 3.8) is 0 Å². The smallest absolute Gasteiger partial charge is 0.462 e. The molecule has 2 N–H and O–H groups in total. The highest BCUT2D eigenvalue weighted by Crippen LogP contribution is 2.43. The van der Waals surface area contributed by atoms with Crippen LogP contribution >= 0.6 is 7.82 Å². The minimum atomic E-state index is -4.42. The SMILES string of the molecule is CCCCCCCCCCCCCCCCCCCC(=O)O[C@H](COC(=O)CCC/C=C\C[C@H]1C=CC(=O)[C@@H]1/C=C/[C@@H](O)CCCCC)COP(=O)(O)OCC[N+](C)(C)C. The number of carbonyl (C=O) groups is 3. The van der Waals surface area contributed by atoms with E-state index in [4.69, 9.17) is 18.5 Å². The fourth-order valence-corrected chi connectivity index (χ4v) is 7.81. The Labute approximate surface area is 365 Å². The van der Waals surface area contributed by atoms with Crippen LogP contribution in [0.25, 0.3) is 0 Å². The summed E-state index contributed by atoms with van der Waals surface area (Å²) in [5.74, 6) is -1.14. The van der Waals surface area contributed by atoms with Crippen molar-refractivity contribution in [1.29, 1.82) is 0 Å². The zero-order valence-electron chi connectivity index (χ0n) is 38.5. The summed E-state index contributed by atoms with van der Waals surface area (Å²) in [7, 11) is 1.37. The van der Waals surface area contributed by atoms with Crippen molar-refractivity contribution in [2.45, 2.75) is 193 Å². The molecule has 12 heteroatoms. The fraction of sp³-hybridized carbons (Fsp3) is 0.812. The van der Waals surface area contributed by atoms with Crippen LogP contribution in [0.4, 0.5) is 0 Å². The van der Waals surface area contributed by atoms with Crippen LogP contribution in [0, 0.1) is 11.8 Å². The zero-order chi connectivity index (χ0) is 44.3. The molecule has 0 heterocycles. The highest BCUT2D eigenvalue weighted by molar-refractivity contribution is 7.47. The second-order valence-corrected chi connectivity index (χ2v) is 19.3. The summed E-state index contributed by atoms with van der Waals surface area (Å²) in [5.41, 5.74) is 0. The van der Waals surface area contributed by atoms with E-state index in [-0.39, 0.29) is 43.7 Å². The molecular formula is C48H87NO10P+. The van der Waals surface area contributed by atoms with Crippen molar-refractivity contribution in [3.05, 3.63) is 36.5 Å². The first-order chi connectivity index (χ1) is 28.8. The average Bonchev–Trinajstić information content (AvgIpc) is 3.55. The predicted molar refractivity (Wildman–Crippen MR) is 242 cm³/mol. The Bertz CT molecular complexity index is 1260. The minimum absolute atomic E-state index is 0.000904. The van der Waals surface area contributed by atoms with E-state index in [1.807, 2.05) is 45.4 Å². The Hall–Kier alpha value is -2.14. The number of phosphoric acid groups is 1. The highest BCUT2D eigenvalue weighted by atomic mass is 31.2. The number of hydrogen-bond acceptors (Lipinski definition) is 9. The number of esters is 2. The first kappa shape index (κ1) is 55.9. The highest BCUT2D eigenvalue weighted by Gasteiger charge is 2.28. The molecule has 0 bridgehead atoms. The predicted octanol–water partition coefficient (Wildman–Crippen LogP) is 11.3. The van der Waals surface area contributed by atoms with Gasteiger partial charge in [0.2, 0.25) is 0 Å². The van der Waals surface area contributed by atoms with Gasteiger partial charge in [0, 0.05) is 18.8 Å². The molecule has 0 saturated heterocycles. The number of aliphatic hydroxyl groups excluding tert-OH is 1. The van der Waals surface area contributed by atoms with Crippen LogP contribution in [0.5, 0.6) is 0 Å². The van der Waals surface area contributed by atoms with Crippen molar-refractivity contribution in [1.82, 2.24) is 0 Å². The van der Waals surface area contributed by atoms with Gasteiger partial charge in [0.05, 0.1) is 33.9 Å². The number of ketones is 1. The molecule has 0 amide bonds. The van der Waals surface area contributed by atoms with Gasteiger partial charge in [-0.3, -0.25) is 23.4 Å². The molecule has 0 aliphatic heterocycles. The topological polar surface area (TPSA) is 146 Å². The number of rotatable bonds is 40. The number of carbonyl (C=O) groups excluding carboxylic acids is 3. The van der Waals surface area contributed by atoms with Gasteiger partial charge >= 0.3 is 19.8 Å². The molecule has 1 aliphatic rings. The molecule has 0 aromatic rings. The van der Waals surface area contributed by atoms with Crippen molar-refractivity contribution in [2.24, 2.45) is 11.8 Å². The van der Waals surface area contributed by atoms with Crippen molar-refractivity contribution >= 4 is 25.5 Å². The monoisotopic (exact) mass is 869 g/mol. The Morgan fingerprint density at radius 2 is 1.30 bits per heavy atom. The van der Waals surface area contributed by atoms with Gasteiger partial charge in [0.15, 0.2) is 11.9 Å². The van der Waals surface area contributed by atoms with E-state index in [1.165, 1.54) is 83.5 Å². The quantitative estimate of drug-likeness (QED) is 0.0201. The number of nitrogens with zero attached hydrogens (tertiary/aromatic N) is 1. The van der Waals surface area contributed by atoms with Crippen LogP contribution in [0.3, 0.4) is 0 Å². The summed E-state index contributed by atoms with van der Waals surface area (Å²) in [6.07, 6.45) is 36.7. The summed E-state index contributed by atoms with van der Waals surface area (Å²) < 4.78 is 34.3. The van der Waals surface area contributed by atoms with Gasteiger partial charge in [-0.1, -0.05) is 166 Å². The Morgan fingerprint density at radius 3 is 1.88 bits per heavy atom. The van der Waals surface area contributed by atoms with Crippen LogP contribution < -0.4 is 0 Å². The van der Waals surface area contributed by atoms with Crippen LogP contribution in [-0.4, -0.2) is 91.9 Å². The summed E-state index contributed by atoms with van der Waals surface area (Å²) in [4.78, 5) is 48.0. The van der Waals surface area contributed by atoms with E-state index in [2.05, 4.69) is 13.8 Å². The molecule has 0 saturated carbocycles. The van der Waals surface area contributed by atoms with Crippen LogP contribution in [0.2, 0.25) is 0 Å². The van der Waals surface area contributed by atoms with Gasteiger partial charge in [0.25, 0.3) is 0 Å². The van der Waals surface area contributed by atoms with E-state index < -0.39 is 38.6 Å². The fourth-order valence-electron chi connectivity index (χ4n) is 7.06. The standard InChI is InChI=1S/C48H86NO10P/c1-6-8-10-11-12-13-14-15-16-17-18-19-20-21-22-23-29-33-48(53)59-44(41-58-60(54,55)57-39-38-49(3,4)5)40-56-47(52)32-28-25-24-27-30-42-34-37-46(51)45(42)36-35-43(50)31-26-9-7-2/h24,27,34-37,42-45,50H,6-23,25-26,28-33,38-41H2,1-5H3/p+1/b27-24-,36-35+/t42-,43-,44+,45+/m0/s1. The largest absolute Gasteiger partial charge is 0.472 e. The number of unbranched alkanes of at least 4 members (excludes halogenated alkanes) is 19.